The molecule has 6 heteroatoms. The monoisotopic (exact) mass is 279 g/mol. The Morgan fingerprint density at radius 1 is 1.25 bits per heavy atom. The molecule has 1 aliphatic carbocycles. The van der Waals surface area contributed by atoms with Crippen LogP contribution in [0.5, 0.6) is 0 Å². The zero-order valence-corrected chi connectivity index (χ0v) is 11.8. The lowest BCUT2D eigenvalue weighted by molar-refractivity contribution is 0.0683. The van der Waals surface area contributed by atoms with Crippen LogP contribution in [0.4, 0.5) is 0 Å². The third-order valence-electron chi connectivity index (χ3n) is 3.72. The van der Waals surface area contributed by atoms with Crippen LogP contribution in [-0.2, 0) is 7.05 Å². The molecule has 1 heterocycles. The maximum atomic E-state index is 12.2. The van der Waals surface area contributed by atoms with Crippen LogP contribution < -0.4 is 5.32 Å². The van der Waals surface area contributed by atoms with E-state index in [2.05, 4.69) is 10.4 Å². The second kappa shape index (κ2) is 6.54. The highest BCUT2D eigenvalue weighted by Crippen LogP contribution is 2.18. The van der Waals surface area contributed by atoms with Crippen LogP contribution >= 0.6 is 0 Å². The quantitative estimate of drug-likeness (QED) is 0.885. The van der Waals surface area contributed by atoms with Crippen molar-refractivity contribution in [1.82, 2.24) is 15.1 Å². The van der Waals surface area contributed by atoms with Crippen molar-refractivity contribution in [3.8, 4) is 0 Å². The number of hydrogen-bond acceptors (Lipinski definition) is 3. The Bertz CT molecular complexity index is 488. The highest BCUT2D eigenvalue weighted by atomic mass is 16.4. The fourth-order valence-corrected chi connectivity index (χ4v) is 2.68. The van der Waals surface area contributed by atoms with Gasteiger partial charge in [-0.2, -0.15) is 5.10 Å². The fraction of sp³-hybridized carbons (Fsp3) is 0.643. The summed E-state index contributed by atoms with van der Waals surface area (Å²) in [5.41, 5.74) is -0.0436. The van der Waals surface area contributed by atoms with Gasteiger partial charge in [0.2, 0.25) is 0 Å². The maximum Gasteiger partial charge on any atom is 0.357 e. The molecule has 1 fully saturated rings. The third-order valence-corrected chi connectivity index (χ3v) is 3.72. The van der Waals surface area contributed by atoms with Gasteiger partial charge >= 0.3 is 5.97 Å². The number of aryl methyl sites for hydroxylation is 1. The Balaban J connectivity index is 2.05. The maximum absolute atomic E-state index is 12.2. The minimum absolute atomic E-state index is 0.141. The second-order valence-corrected chi connectivity index (χ2v) is 5.39. The van der Waals surface area contributed by atoms with Crippen LogP contribution in [0.1, 0.15) is 65.8 Å². The molecule has 1 saturated carbocycles. The Kier molecular flexibility index (Phi) is 4.76. The number of nitrogens with one attached hydrogen (secondary N) is 1. The van der Waals surface area contributed by atoms with E-state index in [1.165, 1.54) is 30.1 Å². The van der Waals surface area contributed by atoms with Crippen molar-refractivity contribution in [2.24, 2.45) is 7.05 Å². The van der Waals surface area contributed by atoms with Gasteiger partial charge in [-0.3, -0.25) is 9.48 Å². The number of amides is 1. The summed E-state index contributed by atoms with van der Waals surface area (Å²) in [7, 11) is 1.61. The van der Waals surface area contributed by atoms with Crippen molar-refractivity contribution < 1.29 is 14.7 Å². The Labute approximate surface area is 118 Å². The molecule has 0 aromatic carbocycles. The largest absolute Gasteiger partial charge is 0.476 e. The zero-order chi connectivity index (χ0) is 14.5. The predicted octanol–water partition coefficient (Wildman–Crippen LogP) is 1.96. The smallest absolute Gasteiger partial charge is 0.357 e. The molecule has 1 amide bonds. The van der Waals surface area contributed by atoms with Gasteiger partial charge < -0.3 is 10.4 Å². The van der Waals surface area contributed by atoms with E-state index in [-0.39, 0.29) is 23.2 Å². The van der Waals surface area contributed by atoms with E-state index in [1.54, 1.807) is 7.05 Å². The minimum Gasteiger partial charge on any atom is -0.476 e. The Morgan fingerprint density at radius 3 is 2.45 bits per heavy atom. The lowest BCUT2D eigenvalue weighted by Crippen LogP contribution is -2.35. The first-order valence-corrected chi connectivity index (χ1v) is 7.15. The number of hydrogen-bond donors (Lipinski definition) is 2. The van der Waals surface area contributed by atoms with Crippen molar-refractivity contribution in [3.05, 3.63) is 17.5 Å². The summed E-state index contributed by atoms with van der Waals surface area (Å²) in [5.74, 6) is -1.51. The molecule has 1 aliphatic rings. The van der Waals surface area contributed by atoms with E-state index in [1.807, 2.05) is 0 Å². The normalized spacial score (nSPS) is 17.2. The standard InChI is InChI=1S/C14H21N3O3/c1-17-9-11(12(16-17)14(19)20)13(18)15-10-7-5-3-2-4-6-8-10/h9-10H,2-8H2,1H3,(H,15,18)(H,19,20). The molecule has 0 radical (unpaired) electrons. The molecule has 0 bridgehead atoms. The molecule has 110 valence electrons. The summed E-state index contributed by atoms with van der Waals surface area (Å²) in [6.07, 6.45) is 9.31. The van der Waals surface area contributed by atoms with E-state index >= 15 is 0 Å². The van der Waals surface area contributed by atoms with Gasteiger partial charge in [-0.1, -0.05) is 32.1 Å². The van der Waals surface area contributed by atoms with Gasteiger partial charge in [0.15, 0.2) is 5.69 Å². The number of aromatic carboxylic acids is 1. The van der Waals surface area contributed by atoms with Crippen molar-refractivity contribution in [2.75, 3.05) is 0 Å². The van der Waals surface area contributed by atoms with Crippen LogP contribution in [0.2, 0.25) is 0 Å². The molecule has 2 rings (SSSR count). The molecule has 1 aromatic rings. The topological polar surface area (TPSA) is 84.2 Å². The first-order chi connectivity index (χ1) is 9.58. The summed E-state index contributed by atoms with van der Waals surface area (Å²) in [4.78, 5) is 23.3. The van der Waals surface area contributed by atoms with Gasteiger partial charge in [0, 0.05) is 19.3 Å². The predicted molar refractivity (Wildman–Crippen MR) is 73.7 cm³/mol. The van der Waals surface area contributed by atoms with Crippen molar-refractivity contribution in [1.29, 1.82) is 0 Å². The number of carboxylic acids is 1. The van der Waals surface area contributed by atoms with E-state index in [9.17, 15) is 9.59 Å². The summed E-state index contributed by atoms with van der Waals surface area (Å²) < 4.78 is 1.36. The Hall–Kier alpha value is -1.85. The fourth-order valence-electron chi connectivity index (χ4n) is 2.68. The summed E-state index contributed by atoms with van der Waals surface area (Å²) >= 11 is 0. The minimum atomic E-state index is -1.17. The van der Waals surface area contributed by atoms with Gasteiger partial charge in [0.1, 0.15) is 0 Å². The molecule has 0 aliphatic heterocycles. The van der Waals surface area contributed by atoms with E-state index in [0.717, 1.165) is 25.7 Å². The molecule has 0 saturated heterocycles. The summed E-state index contributed by atoms with van der Waals surface area (Å²) in [6, 6.07) is 0.143. The van der Waals surface area contributed by atoms with Gasteiger partial charge in [-0.25, -0.2) is 4.79 Å². The molecule has 0 spiro atoms. The molecule has 0 atom stereocenters. The second-order valence-electron chi connectivity index (χ2n) is 5.39. The first kappa shape index (κ1) is 14.6. The van der Waals surface area contributed by atoms with E-state index in [0.29, 0.717) is 0 Å². The van der Waals surface area contributed by atoms with Crippen LogP contribution in [0.25, 0.3) is 0 Å². The lowest BCUT2D eigenvalue weighted by atomic mass is 9.96. The van der Waals surface area contributed by atoms with Gasteiger partial charge in [0.05, 0.1) is 5.56 Å². The molecule has 0 unspecified atom stereocenters. The zero-order valence-electron chi connectivity index (χ0n) is 11.8. The van der Waals surface area contributed by atoms with E-state index < -0.39 is 5.97 Å². The van der Waals surface area contributed by atoms with Crippen molar-refractivity contribution in [2.45, 2.75) is 51.0 Å². The lowest BCUT2D eigenvalue weighted by Gasteiger charge is -2.20. The number of carbonyl (C=O) groups excluding carboxylic acids is 1. The SMILES string of the molecule is Cn1cc(C(=O)NC2CCCCCCC2)c(C(=O)O)n1. The molecule has 20 heavy (non-hydrogen) atoms. The average Bonchev–Trinajstić information content (AvgIpc) is 2.75. The Morgan fingerprint density at radius 2 is 1.85 bits per heavy atom. The van der Waals surface area contributed by atoms with Crippen LogP contribution in [-0.4, -0.2) is 32.8 Å². The number of carboxylic acid groups (broad SMARTS) is 1. The third kappa shape index (κ3) is 3.59. The molecule has 2 N–H and O–H groups in total. The highest BCUT2D eigenvalue weighted by Gasteiger charge is 2.23. The van der Waals surface area contributed by atoms with Gasteiger partial charge in [-0.15, -0.1) is 0 Å². The summed E-state index contributed by atoms with van der Waals surface area (Å²) in [6.45, 7) is 0. The number of carbonyl (C=O) groups is 2. The molecular weight excluding hydrogens is 258 g/mol. The van der Waals surface area contributed by atoms with Gasteiger partial charge in [0.25, 0.3) is 5.91 Å². The van der Waals surface area contributed by atoms with Gasteiger partial charge in [-0.05, 0) is 12.8 Å². The molecule has 6 nitrogen and oxygen atoms in total. The number of nitrogens with zero attached hydrogens (tertiary/aromatic N) is 2. The molecule has 1 aromatic heterocycles. The first-order valence-electron chi connectivity index (χ1n) is 7.15. The number of aromatic nitrogens is 2. The molecular formula is C14H21N3O3. The van der Waals surface area contributed by atoms with Crippen LogP contribution in [0.3, 0.4) is 0 Å². The van der Waals surface area contributed by atoms with Crippen molar-refractivity contribution >= 4 is 11.9 Å². The number of rotatable bonds is 3. The van der Waals surface area contributed by atoms with Crippen molar-refractivity contribution in [3.63, 3.8) is 0 Å². The highest BCUT2D eigenvalue weighted by molar-refractivity contribution is 6.03. The van der Waals surface area contributed by atoms with E-state index in [4.69, 9.17) is 5.11 Å². The van der Waals surface area contributed by atoms with Crippen LogP contribution in [0.15, 0.2) is 6.20 Å². The average molecular weight is 279 g/mol. The van der Waals surface area contributed by atoms with Crippen LogP contribution in [0, 0.1) is 0 Å². The summed E-state index contributed by atoms with van der Waals surface area (Å²) in [5, 5.41) is 15.8.